The highest BCUT2D eigenvalue weighted by Gasteiger charge is 2.31. The topological polar surface area (TPSA) is 58.6 Å². The number of amides is 2. The Morgan fingerprint density at radius 1 is 1.00 bits per heavy atom. The van der Waals surface area contributed by atoms with E-state index in [1.54, 1.807) is 4.90 Å². The molecule has 3 aromatic rings. The van der Waals surface area contributed by atoms with E-state index in [0.717, 1.165) is 22.0 Å². The number of benzene rings is 3. The van der Waals surface area contributed by atoms with Crippen LogP contribution in [0.4, 0.5) is 4.39 Å². The molecule has 3 rings (SSSR count). The number of carbonyl (C=O) groups excluding carboxylic acids is 2. The molecule has 0 spiro atoms. The fourth-order valence-electron chi connectivity index (χ4n) is 3.59. The normalized spacial score (nSPS) is 12.5. The minimum Gasteiger partial charge on any atom is -0.484 e. The lowest BCUT2D eigenvalue weighted by atomic mass is 10.0. The highest BCUT2D eigenvalue weighted by atomic mass is 79.9. The molecule has 0 aromatic heterocycles. The van der Waals surface area contributed by atoms with Crippen molar-refractivity contribution in [3.8, 4) is 5.75 Å². The van der Waals surface area contributed by atoms with Crippen molar-refractivity contribution < 1.29 is 18.7 Å². The van der Waals surface area contributed by atoms with Crippen molar-refractivity contribution in [3.63, 3.8) is 0 Å². The summed E-state index contributed by atoms with van der Waals surface area (Å²) < 4.78 is 19.8. The standard InChI is InChI=1S/C28H30BrFN2O3/c1-3-20(2)31-28(34)26(17-21-8-5-4-6-9-21)32(18-22-10-7-11-23(29)16-22)27(33)19-35-25-14-12-24(30)13-15-25/h4-16,20,26H,3,17-19H2,1-2H3,(H,31,34)/t20-,26+/m1/s1. The monoisotopic (exact) mass is 540 g/mol. The third-order valence-corrected chi connectivity index (χ3v) is 6.18. The first-order valence-electron chi connectivity index (χ1n) is 11.6. The van der Waals surface area contributed by atoms with Crippen LogP contribution in [0.1, 0.15) is 31.4 Å². The van der Waals surface area contributed by atoms with Gasteiger partial charge in [-0.05, 0) is 60.9 Å². The molecule has 0 aliphatic rings. The molecule has 1 N–H and O–H groups in total. The van der Waals surface area contributed by atoms with Gasteiger partial charge in [0.2, 0.25) is 5.91 Å². The molecule has 0 saturated carbocycles. The van der Waals surface area contributed by atoms with Crippen molar-refractivity contribution in [1.29, 1.82) is 0 Å². The van der Waals surface area contributed by atoms with Gasteiger partial charge >= 0.3 is 0 Å². The molecule has 3 aromatic carbocycles. The summed E-state index contributed by atoms with van der Waals surface area (Å²) in [6.07, 6.45) is 1.14. The molecule has 0 fully saturated rings. The molecule has 0 heterocycles. The minimum atomic E-state index is -0.741. The number of hydrogen-bond donors (Lipinski definition) is 1. The van der Waals surface area contributed by atoms with E-state index in [4.69, 9.17) is 4.74 Å². The summed E-state index contributed by atoms with van der Waals surface area (Å²) in [5.41, 5.74) is 1.83. The zero-order valence-corrected chi connectivity index (χ0v) is 21.5. The van der Waals surface area contributed by atoms with Crippen LogP contribution < -0.4 is 10.1 Å². The van der Waals surface area contributed by atoms with Gasteiger partial charge in [0, 0.05) is 23.5 Å². The first-order chi connectivity index (χ1) is 16.9. The maximum absolute atomic E-state index is 13.5. The van der Waals surface area contributed by atoms with Crippen molar-refractivity contribution in [1.82, 2.24) is 10.2 Å². The molecule has 0 unspecified atom stereocenters. The van der Waals surface area contributed by atoms with Gasteiger partial charge in [-0.25, -0.2) is 4.39 Å². The molecule has 0 saturated heterocycles. The van der Waals surface area contributed by atoms with Crippen LogP contribution in [0.15, 0.2) is 83.3 Å². The molecule has 5 nitrogen and oxygen atoms in total. The second-order valence-corrected chi connectivity index (χ2v) is 9.33. The Morgan fingerprint density at radius 2 is 1.69 bits per heavy atom. The SMILES string of the molecule is CC[C@@H](C)NC(=O)[C@H](Cc1ccccc1)N(Cc1cccc(Br)c1)C(=O)COc1ccc(F)cc1. The van der Waals surface area contributed by atoms with Gasteiger partial charge in [0.05, 0.1) is 0 Å². The molecule has 184 valence electrons. The third-order valence-electron chi connectivity index (χ3n) is 5.69. The van der Waals surface area contributed by atoms with E-state index in [1.807, 2.05) is 68.4 Å². The van der Waals surface area contributed by atoms with Gasteiger partial charge in [-0.1, -0.05) is 65.3 Å². The summed E-state index contributed by atoms with van der Waals surface area (Å²) in [6, 6.07) is 22.0. The maximum atomic E-state index is 13.5. The molecule has 0 aliphatic carbocycles. The van der Waals surface area contributed by atoms with E-state index in [2.05, 4.69) is 21.2 Å². The zero-order chi connectivity index (χ0) is 25.2. The predicted octanol–water partition coefficient (Wildman–Crippen LogP) is 5.52. The Hall–Kier alpha value is -3.19. The number of rotatable bonds is 11. The lowest BCUT2D eigenvalue weighted by Crippen LogP contribution is -2.53. The number of carbonyl (C=O) groups is 2. The lowest BCUT2D eigenvalue weighted by Gasteiger charge is -2.32. The van der Waals surface area contributed by atoms with Crippen LogP contribution in [0, 0.1) is 5.82 Å². The Labute approximate surface area is 214 Å². The van der Waals surface area contributed by atoms with Crippen LogP contribution in [0.3, 0.4) is 0 Å². The highest BCUT2D eigenvalue weighted by molar-refractivity contribution is 9.10. The van der Waals surface area contributed by atoms with Gasteiger partial charge < -0.3 is 15.0 Å². The summed E-state index contributed by atoms with van der Waals surface area (Å²) in [6.45, 7) is 3.89. The van der Waals surface area contributed by atoms with Crippen LogP contribution >= 0.6 is 15.9 Å². The van der Waals surface area contributed by atoms with Crippen molar-refractivity contribution in [2.75, 3.05) is 6.61 Å². The fourth-order valence-corrected chi connectivity index (χ4v) is 4.03. The fraction of sp³-hybridized carbons (Fsp3) is 0.286. The molecule has 0 radical (unpaired) electrons. The zero-order valence-electron chi connectivity index (χ0n) is 19.9. The Kier molecular flexibility index (Phi) is 9.85. The summed E-state index contributed by atoms with van der Waals surface area (Å²) in [5, 5.41) is 3.04. The second kappa shape index (κ2) is 13.0. The molecule has 35 heavy (non-hydrogen) atoms. The molecule has 7 heteroatoms. The maximum Gasteiger partial charge on any atom is 0.261 e. The van der Waals surface area contributed by atoms with Gasteiger partial charge in [-0.3, -0.25) is 9.59 Å². The van der Waals surface area contributed by atoms with Gasteiger partial charge in [0.15, 0.2) is 6.61 Å². The minimum absolute atomic E-state index is 0.0286. The van der Waals surface area contributed by atoms with E-state index in [1.165, 1.54) is 24.3 Å². The van der Waals surface area contributed by atoms with Crippen LogP contribution in [0.2, 0.25) is 0 Å². The van der Waals surface area contributed by atoms with E-state index in [0.29, 0.717) is 12.2 Å². The molecule has 0 aliphatic heterocycles. The van der Waals surface area contributed by atoms with Gasteiger partial charge in [-0.2, -0.15) is 0 Å². The van der Waals surface area contributed by atoms with Crippen LogP contribution in [-0.2, 0) is 22.6 Å². The molecular formula is C28H30BrFN2O3. The lowest BCUT2D eigenvalue weighted by molar-refractivity contribution is -0.143. The Morgan fingerprint density at radius 3 is 2.34 bits per heavy atom. The van der Waals surface area contributed by atoms with E-state index in [9.17, 15) is 14.0 Å². The van der Waals surface area contributed by atoms with Crippen molar-refractivity contribution in [2.45, 2.75) is 45.3 Å². The molecule has 2 amide bonds. The second-order valence-electron chi connectivity index (χ2n) is 8.42. The van der Waals surface area contributed by atoms with E-state index in [-0.39, 0.29) is 36.8 Å². The van der Waals surface area contributed by atoms with Gasteiger partial charge in [0.25, 0.3) is 5.91 Å². The van der Waals surface area contributed by atoms with Gasteiger partial charge in [0.1, 0.15) is 17.6 Å². The Balaban J connectivity index is 1.90. The number of hydrogen-bond acceptors (Lipinski definition) is 3. The summed E-state index contributed by atoms with van der Waals surface area (Å²) >= 11 is 3.48. The molecular weight excluding hydrogens is 511 g/mol. The molecule has 0 bridgehead atoms. The Bertz CT molecular complexity index is 1110. The first-order valence-corrected chi connectivity index (χ1v) is 12.4. The van der Waals surface area contributed by atoms with E-state index < -0.39 is 6.04 Å². The molecule has 2 atom stereocenters. The van der Waals surface area contributed by atoms with Crippen molar-refractivity contribution >= 4 is 27.7 Å². The number of halogens is 2. The van der Waals surface area contributed by atoms with Crippen LogP contribution in [0.25, 0.3) is 0 Å². The summed E-state index contributed by atoms with van der Waals surface area (Å²) in [4.78, 5) is 28.5. The number of ether oxygens (including phenoxy) is 1. The largest absolute Gasteiger partial charge is 0.484 e. The van der Waals surface area contributed by atoms with E-state index >= 15 is 0 Å². The first kappa shape index (κ1) is 26.4. The quantitative estimate of drug-likeness (QED) is 0.348. The smallest absolute Gasteiger partial charge is 0.261 e. The summed E-state index contributed by atoms with van der Waals surface area (Å²) in [7, 11) is 0. The summed E-state index contributed by atoms with van der Waals surface area (Å²) in [5.74, 6) is -0.557. The predicted molar refractivity (Wildman–Crippen MR) is 138 cm³/mol. The van der Waals surface area contributed by atoms with Crippen LogP contribution in [-0.4, -0.2) is 35.4 Å². The van der Waals surface area contributed by atoms with Gasteiger partial charge in [-0.15, -0.1) is 0 Å². The number of nitrogens with one attached hydrogen (secondary N) is 1. The average molecular weight is 541 g/mol. The van der Waals surface area contributed by atoms with Crippen LogP contribution in [0.5, 0.6) is 5.75 Å². The number of nitrogens with zero attached hydrogens (tertiary/aromatic N) is 1. The third kappa shape index (κ3) is 8.21. The average Bonchev–Trinajstić information content (AvgIpc) is 2.86. The van der Waals surface area contributed by atoms with Crippen molar-refractivity contribution in [2.24, 2.45) is 0 Å². The highest BCUT2D eigenvalue weighted by Crippen LogP contribution is 2.19. The van der Waals surface area contributed by atoms with Crippen molar-refractivity contribution in [3.05, 3.63) is 100 Å².